The average Bonchev–Trinajstić information content (AvgIpc) is 2.68. The van der Waals surface area contributed by atoms with E-state index in [1.54, 1.807) is 30.3 Å². The number of amides is 1. The SMILES string of the molecule is Cc1ccc(S(=O)(=O)N[C@H](CC(=O)Nc2cccc(C)c2)c2ccccc2)cc1. The highest BCUT2D eigenvalue weighted by Crippen LogP contribution is 2.22. The molecular weight excluding hydrogens is 384 g/mol. The maximum atomic E-state index is 12.9. The molecule has 0 fully saturated rings. The molecule has 0 aliphatic carbocycles. The van der Waals surface area contributed by atoms with Crippen LogP contribution in [0.4, 0.5) is 5.69 Å². The van der Waals surface area contributed by atoms with E-state index in [1.165, 1.54) is 0 Å². The van der Waals surface area contributed by atoms with E-state index in [9.17, 15) is 13.2 Å². The fourth-order valence-electron chi connectivity index (χ4n) is 3.01. The number of aryl methyl sites for hydroxylation is 2. The van der Waals surface area contributed by atoms with Crippen molar-refractivity contribution in [2.24, 2.45) is 0 Å². The number of carbonyl (C=O) groups excluding carboxylic acids is 1. The van der Waals surface area contributed by atoms with Gasteiger partial charge < -0.3 is 5.32 Å². The highest BCUT2D eigenvalue weighted by molar-refractivity contribution is 7.89. The first-order valence-electron chi connectivity index (χ1n) is 9.34. The quantitative estimate of drug-likeness (QED) is 0.610. The smallest absolute Gasteiger partial charge is 0.241 e. The molecule has 0 saturated carbocycles. The van der Waals surface area contributed by atoms with Crippen molar-refractivity contribution >= 4 is 21.6 Å². The fraction of sp³-hybridized carbons (Fsp3) is 0.174. The third kappa shape index (κ3) is 5.76. The minimum Gasteiger partial charge on any atom is -0.326 e. The standard InChI is InChI=1S/C23H24N2O3S/c1-17-11-13-21(14-12-17)29(27,28)25-22(19-8-4-3-5-9-19)16-23(26)24-20-10-6-7-18(2)15-20/h3-15,22,25H,16H2,1-2H3,(H,24,26)/t22-/m1/s1. The summed E-state index contributed by atoms with van der Waals surface area (Å²) >= 11 is 0. The Morgan fingerprint density at radius 3 is 2.21 bits per heavy atom. The monoisotopic (exact) mass is 408 g/mol. The van der Waals surface area contributed by atoms with Gasteiger partial charge in [0.2, 0.25) is 15.9 Å². The summed E-state index contributed by atoms with van der Waals surface area (Å²) in [5.41, 5.74) is 3.41. The van der Waals surface area contributed by atoms with Gasteiger partial charge in [0.25, 0.3) is 0 Å². The lowest BCUT2D eigenvalue weighted by atomic mass is 10.0. The van der Waals surface area contributed by atoms with Crippen molar-refractivity contribution in [3.8, 4) is 0 Å². The lowest BCUT2D eigenvalue weighted by molar-refractivity contribution is -0.116. The minimum atomic E-state index is -3.78. The van der Waals surface area contributed by atoms with E-state index in [0.29, 0.717) is 5.69 Å². The molecule has 0 radical (unpaired) electrons. The zero-order valence-electron chi connectivity index (χ0n) is 16.4. The number of nitrogens with one attached hydrogen (secondary N) is 2. The van der Waals surface area contributed by atoms with Gasteiger partial charge in [0.1, 0.15) is 0 Å². The highest BCUT2D eigenvalue weighted by atomic mass is 32.2. The number of rotatable bonds is 7. The summed E-state index contributed by atoms with van der Waals surface area (Å²) in [5, 5.41) is 2.84. The van der Waals surface area contributed by atoms with Crippen molar-refractivity contribution in [1.82, 2.24) is 4.72 Å². The number of carbonyl (C=O) groups is 1. The molecule has 6 heteroatoms. The van der Waals surface area contributed by atoms with E-state index in [2.05, 4.69) is 10.0 Å². The number of hydrogen-bond acceptors (Lipinski definition) is 3. The van der Waals surface area contributed by atoms with Crippen LogP contribution in [-0.2, 0) is 14.8 Å². The second-order valence-corrected chi connectivity index (χ2v) is 8.73. The molecule has 0 aliphatic heterocycles. The van der Waals surface area contributed by atoms with Crippen molar-refractivity contribution in [3.05, 3.63) is 95.6 Å². The Balaban J connectivity index is 1.81. The summed E-state index contributed by atoms with van der Waals surface area (Å²) in [6.07, 6.45) is -0.0248. The Labute approximate surface area is 171 Å². The molecule has 1 atom stereocenters. The van der Waals surface area contributed by atoms with Crippen LogP contribution < -0.4 is 10.0 Å². The van der Waals surface area contributed by atoms with Crippen LogP contribution in [0.2, 0.25) is 0 Å². The van der Waals surface area contributed by atoms with Crippen LogP contribution in [0.15, 0.2) is 83.8 Å². The Morgan fingerprint density at radius 2 is 1.55 bits per heavy atom. The topological polar surface area (TPSA) is 75.3 Å². The number of hydrogen-bond donors (Lipinski definition) is 2. The molecule has 2 N–H and O–H groups in total. The van der Waals surface area contributed by atoms with E-state index in [1.807, 2.05) is 62.4 Å². The van der Waals surface area contributed by atoms with E-state index in [0.717, 1.165) is 16.7 Å². The van der Waals surface area contributed by atoms with Crippen LogP contribution in [-0.4, -0.2) is 14.3 Å². The molecule has 0 unspecified atom stereocenters. The van der Waals surface area contributed by atoms with Gasteiger partial charge in [-0.3, -0.25) is 4.79 Å². The largest absolute Gasteiger partial charge is 0.326 e. The Morgan fingerprint density at radius 1 is 0.862 bits per heavy atom. The van der Waals surface area contributed by atoms with Gasteiger partial charge in [0.05, 0.1) is 10.9 Å². The van der Waals surface area contributed by atoms with Crippen molar-refractivity contribution in [1.29, 1.82) is 0 Å². The highest BCUT2D eigenvalue weighted by Gasteiger charge is 2.23. The molecule has 1 amide bonds. The van der Waals surface area contributed by atoms with Crippen LogP contribution >= 0.6 is 0 Å². The van der Waals surface area contributed by atoms with E-state index in [-0.39, 0.29) is 17.2 Å². The number of benzene rings is 3. The minimum absolute atomic E-state index is 0.0248. The molecule has 5 nitrogen and oxygen atoms in total. The van der Waals surface area contributed by atoms with Gasteiger partial charge in [-0.05, 0) is 49.2 Å². The molecule has 150 valence electrons. The van der Waals surface area contributed by atoms with Crippen molar-refractivity contribution in [2.45, 2.75) is 31.2 Å². The van der Waals surface area contributed by atoms with E-state index >= 15 is 0 Å². The summed E-state index contributed by atoms with van der Waals surface area (Å²) in [7, 11) is -3.78. The van der Waals surface area contributed by atoms with Crippen LogP contribution in [0.25, 0.3) is 0 Å². The summed E-state index contributed by atoms with van der Waals surface area (Å²) in [6.45, 7) is 3.84. The third-order valence-corrected chi connectivity index (χ3v) is 6.01. The molecule has 0 bridgehead atoms. The van der Waals surface area contributed by atoms with Crippen LogP contribution in [0.3, 0.4) is 0 Å². The van der Waals surface area contributed by atoms with E-state index in [4.69, 9.17) is 0 Å². The summed E-state index contributed by atoms with van der Waals surface area (Å²) in [4.78, 5) is 12.8. The molecule has 0 spiro atoms. The third-order valence-electron chi connectivity index (χ3n) is 4.52. The van der Waals surface area contributed by atoms with Gasteiger partial charge in [-0.1, -0.05) is 60.2 Å². The average molecular weight is 409 g/mol. The second kappa shape index (κ2) is 9.03. The molecule has 3 aromatic rings. The predicted octanol–water partition coefficient (Wildman–Crippen LogP) is 4.35. The first-order chi connectivity index (χ1) is 13.8. The first kappa shape index (κ1) is 20.8. The van der Waals surface area contributed by atoms with Crippen LogP contribution in [0.1, 0.15) is 29.2 Å². The fourth-order valence-corrected chi connectivity index (χ4v) is 4.23. The van der Waals surface area contributed by atoms with Crippen molar-refractivity contribution < 1.29 is 13.2 Å². The molecule has 0 aromatic heterocycles. The molecule has 3 rings (SSSR count). The van der Waals surface area contributed by atoms with Gasteiger partial charge in [-0.2, -0.15) is 0 Å². The van der Waals surface area contributed by atoms with Crippen LogP contribution in [0, 0.1) is 13.8 Å². The van der Waals surface area contributed by atoms with Crippen molar-refractivity contribution in [2.75, 3.05) is 5.32 Å². The first-order valence-corrected chi connectivity index (χ1v) is 10.8. The molecule has 0 aliphatic rings. The molecular formula is C23H24N2O3S. The zero-order chi connectivity index (χ0) is 20.9. The lowest BCUT2D eigenvalue weighted by Gasteiger charge is -2.19. The number of anilines is 1. The second-order valence-electron chi connectivity index (χ2n) is 7.02. The Hall–Kier alpha value is -2.96. The molecule has 0 saturated heterocycles. The van der Waals surface area contributed by atoms with Gasteiger partial charge in [-0.15, -0.1) is 0 Å². The van der Waals surface area contributed by atoms with Gasteiger partial charge >= 0.3 is 0 Å². The van der Waals surface area contributed by atoms with E-state index < -0.39 is 16.1 Å². The summed E-state index contributed by atoms with van der Waals surface area (Å²) in [6, 6.07) is 22.5. The summed E-state index contributed by atoms with van der Waals surface area (Å²) in [5.74, 6) is -0.268. The Kier molecular flexibility index (Phi) is 6.46. The van der Waals surface area contributed by atoms with Crippen molar-refractivity contribution in [3.63, 3.8) is 0 Å². The predicted molar refractivity (Wildman–Crippen MR) is 115 cm³/mol. The molecule has 29 heavy (non-hydrogen) atoms. The summed E-state index contributed by atoms with van der Waals surface area (Å²) < 4.78 is 28.4. The van der Waals surface area contributed by atoms with Gasteiger partial charge in [0, 0.05) is 12.1 Å². The zero-order valence-corrected chi connectivity index (χ0v) is 17.2. The van der Waals surface area contributed by atoms with Gasteiger partial charge in [-0.25, -0.2) is 13.1 Å². The van der Waals surface area contributed by atoms with Gasteiger partial charge in [0.15, 0.2) is 0 Å². The Bertz CT molecular complexity index is 1080. The lowest BCUT2D eigenvalue weighted by Crippen LogP contribution is -2.31. The number of sulfonamides is 1. The normalized spacial score (nSPS) is 12.3. The maximum absolute atomic E-state index is 12.9. The molecule has 0 heterocycles. The maximum Gasteiger partial charge on any atom is 0.241 e. The molecule has 3 aromatic carbocycles. The van der Waals surface area contributed by atoms with Crippen LogP contribution in [0.5, 0.6) is 0 Å².